The molecule has 2 aromatic rings. The molecule has 0 aliphatic heterocycles. The predicted molar refractivity (Wildman–Crippen MR) is 72.0 cm³/mol. The average Bonchev–Trinajstić information content (AvgIpc) is 2.67. The Morgan fingerprint density at radius 1 is 1.43 bits per heavy atom. The molecule has 10 heteroatoms. The molecule has 0 amide bonds. The van der Waals surface area contributed by atoms with Gasteiger partial charge in [-0.05, 0) is 17.4 Å². The van der Waals surface area contributed by atoms with E-state index in [1.165, 1.54) is 20.2 Å². The highest BCUT2D eigenvalue weighted by Gasteiger charge is 2.15. The van der Waals surface area contributed by atoms with Crippen LogP contribution in [0.4, 0.5) is 18.9 Å². The van der Waals surface area contributed by atoms with Gasteiger partial charge in [-0.3, -0.25) is 9.48 Å². The number of hydrogen-bond donors (Lipinski definition) is 0. The van der Waals surface area contributed by atoms with E-state index in [-0.39, 0.29) is 25.9 Å². The monoisotopic (exact) mass is 339 g/mol. The smallest absolute Gasteiger partial charge is 0.335 e. The van der Waals surface area contributed by atoms with Gasteiger partial charge in [0.1, 0.15) is 11.4 Å². The van der Waals surface area contributed by atoms with Gasteiger partial charge in [-0.15, -0.1) is 0 Å². The fourth-order valence-corrected chi connectivity index (χ4v) is 2.62. The molecule has 0 atom stereocenters. The summed E-state index contributed by atoms with van der Waals surface area (Å²) in [4.78, 5) is 14.3. The molecule has 0 N–H and O–H groups in total. The minimum Gasteiger partial charge on any atom is -0.495 e. The third-order valence-corrected chi connectivity index (χ3v) is 3.78. The molecule has 0 unspecified atom stereocenters. The molecule has 0 radical (unpaired) electrons. The van der Waals surface area contributed by atoms with Crippen LogP contribution in [0.15, 0.2) is 21.9 Å². The van der Waals surface area contributed by atoms with E-state index in [0.29, 0.717) is 11.3 Å². The Morgan fingerprint density at radius 3 is 2.62 bits per heavy atom. The van der Waals surface area contributed by atoms with Crippen LogP contribution in [0.3, 0.4) is 0 Å². The van der Waals surface area contributed by atoms with Crippen molar-refractivity contribution < 1.29 is 17.9 Å². The first-order chi connectivity index (χ1) is 9.85. The molecule has 0 aliphatic carbocycles. The molecule has 5 nitrogen and oxygen atoms in total. The van der Waals surface area contributed by atoms with Crippen molar-refractivity contribution in [2.75, 3.05) is 7.11 Å². The van der Waals surface area contributed by atoms with Crippen molar-refractivity contribution in [3.63, 3.8) is 0 Å². The zero-order valence-electron chi connectivity index (χ0n) is 10.8. The second-order valence-corrected chi connectivity index (χ2v) is 5.17. The average molecular weight is 340 g/mol. The largest absolute Gasteiger partial charge is 0.495 e. The molecule has 0 aliphatic rings. The summed E-state index contributed by atoms with van der Waals surface area (Å²) in [6.07, 6.45) is 0. The first-order valence-corrected chi connectivity index (χ1v) is 6.69. The quantitative estimate of drug-likeness (QED) is 0.863. The number of ether oxygens (including phenoxy) is 1. The minimum absolute atomic E-state index is 0.0525. The van der Waals surface area contributed by atoms with Gasteiger partial charge >= 0.3 is 11.4 Å². The molecule has 0 bridgehead atoms. The normalized spacial score (nSPS) is 12.2. The van der Waals surface area contributed by atoms with Gasteiger partial charge < -0.3 is 4.74 Å². The van der Waals surface area contributed by atoms with Crippen LogP contribution in [0, 0.1) is 5.82 Å². The summed E-state index contributed by atoms with van der Waals surface area (Å²) in [5.74, 6) is -0.578. The fourth-order valence-electron chi connectivity index (χ4n) is 1.57. The SMILES string of the molecule is COc1cc(N=c2sc(=O)n(C(F)F)n2C)c(F)cc1Cl. The van der Waals surface area contributed by atoms with Crippen molar-refractivity contribution in [3.05, 3.63) is 37.4 Å². The zero-order valence-corrected chi connectivity index (χ0v) is 12.4. The molecule has 21 heavy (non-hydrogen) atoms. The molecule has 114 valence electrons. The lowest BCUT2D eigenvalue weighted by atomic mass is 10.3. The third kappa shape index (κ3) is 2.98. The number of alkyl halides is 2. The number of rotatable bonds is 3. The van der Waals surface area contributed by atoms with Crippen molar-refractivity contribution >= 4 is 28.6 Å². The third-order valence-electron chi connectivity index (χ3n) is 2.59. The van der Waals surface area contributed by atoms with Crippen LogP contribution in [0.25, 0.3) is 0 Å². The Kier molecular flexibility index (Phi) is 4.43. The van der Waals surface area contributed by atoms with E-state index < -0.39 is 17.2 Å². The topological polar surface area (TPSA) is 48.5 Å². The number of methoxy groups -OCH3 is 1. The van der Waals surface area contributed by atoms with E-state index in [4.69, 9.17) is 16.3 Å². The number of halogens is 4. The van der Waals surface area contributed by atoms with Crippen LogP contribution in [-0.4, -0.2) is 16.5 Å². The van der Waals surface area contributed by atoms with Crippen LogP contribution in [0.5, 0.6) is 5.75 Å². The number of benzene rings is 1. The van der Waals surface area contributed by atoms with Crippen LogP contribution in [0.1, 0.15) is 6.55 Å². The van der Waals surface area contributed by atoms with Crippen LogP contribution >= 0.6 is 22.9 Å². The highest BCUT2D eigenvalue weighted by atomic mass is 35.5. The lowest BCUT2D eigenvalue weighted by Gasteiger charge is -2.05. The number of nitrogens with zero attached hydrogens (tertiary/aromatic N) is 3. The highest BCUT2D eigenvalue weighted by Crippen LogP contribution is 2.31. The van der Waals surface area contributed by atoms with Gasteiger partial charge in [0.05, 0.1) is 12.1 Å². The van der Waals surface area contributed by atoms with Gasteiger partial charge in [0.15, 0.2) is 5.82 Å². The predicted octanol–water partition coefficient (Wildman–Crippen LogP) is 2.68. The Labute approximate surface area is 125 Å². The fraction of sp³-hybridized carbons (Fsp3) is 0.273. The lowest BCUT2D eigenvalue weighted by Crippen LogP contribution is -2.25. The Hall–Kier alpha value is -1.74. The molecule has 2 rings (SSSR count). The zero-order chi connectivity index (χ0) is 15.7. The number of hydrogen-bond acceptors (Lipinski definition) is 4. The van der Waals surface area contributed by atoms with E-state index in [1.807, 2.05) is 0 Å². The highest BCUT2D eigenvalue weighted by molar-refractivity contribution is 7.06. The number of aromatic nitrogens is 2. The molecular formula is C11H9ClF3N3O2S. The van der Waals surface area contributed by atoms with Crippen molar-refractivity contribution in [2.24, 2.45) is 12.0 Å². The van der Waals surface area contributed by atoms with E-state index in [2.05, 4.69) is 4.99 Å². The van der Waals surface area contributed by atoms with Crippen molar-refractivity contribution in [3.8, 4) is 5.75 Å². The lowest BCUT2D eigenvalue weighted by molar-refractivity contribution is 0.0408. The summed E-state index contributed by atoms with van der Waals surface area (Å²) >= 11 is 6.22. The molecular weight excluding hydrogens is 331 g/mol. The van der Waals surface area contributed by atoms with Gasteiger partial charge in [0.2, 0.25) is 4.80 Å². The summed E-state index contributed by atoms with van der Waals surface area (Å²) in [5.41, 5.74) is -0.172. The summed E-state index contributed by atoms with van der Waals surface area (Å²) in [5, 5.41) is 0.0525. The maximum atomic E-state index is 13.8. The summed E-state index contributed by atoms with van der Waals surface area (Å²) in [6.45, 7) is -3.01. The van der Waals surface area contributed by atoms with Crippen molar-refractivity contribution in [1.82, 2.24) is 9.36 Å². The molecule has 0 spiro atoms. The molecule has 1 aromatic heterocycles. The van der Waals surface area contributed by atoms with Crippen LogP contribution in [-0.2, 0) is 7.05 Å². The van der Waals surface area contributed by atoms with Gasteiger partial charge in [0, 0.05) is 13.1 Å². The second kappa shape index (κ2) is 5.94. The second-order valence-electron chi connectivity index (χ2n) is 3.85. The van der Waals surface area contributed by atoms with E-state index in [9.17, 15) is 18.0 Å². The molecule has 0 fully saturated rings. The summed E-state index contributed by atoms with van der Waals surface area (Å²) in [7, 11) is 2.57. The Bertz CT molecular complexity index is 797. The maximum absolute atomic E-state index is 13.8. The first kappa shape index (κ1) is 15.6. The van der Waals surface area contributed by atoms with E-state index in [0.717, 1.165) is 10.7 Å². The van der Waals surface area contributed by atoms with Gasteiger partial charge in [0.25, 0.3) is 0 Å². The van der Waals surface area contributed by atoms with Crippen LogP contribution < -0.4 is 14.4 Å². The Balaban J connectivity index is 2.65. The molecule has 0 saturated carbocycles. The van der Waals surface area contributed by atoms with Gasteiger partial charge in [-0.25, -0.2) is 9.38 Å². The van der Waals surface area contributed by atoms with Crippen molar-refractivity contribution in [2.45, 2.75) is 6.55 Å². The van der Waals surface area contributed by atoms with Gasteiger partial charge in [-0.1, -0.05) is 11.6 Å². The standard InChI is InChI=1S/C11H9ClF3N3O2S/c1-17-10(21-11(19)18(17)9(14)15)16-7-4-8(20-2)5(12)3-6(7)13/h3-4,9H,1-2H3. The summed E-state index contributed by atoms with van der Waals surface area (Å²) < 4.78 is 45.2. The van der Waals surface area contributed by atoms with E-state index >= 15 is 0 Å². The minimum atomic E-state index is -3.01. The first-order valence-electron chi connectivity index (χ1n) is 5.49. The van der Waals surface area contributed by atoms with Gasteiger partial charge in [-0.2, -0.15) is 13.5 Å². The molecule has 1 aromatic carbocycles. The van der Waals surface area contributed by atoms with E-state index in [1.54, 1.807) is 0 Å². The van der Waals surface area contributed by atoms with Crippen molar-refractivity contribution in [1.29, 1.82) is 0 Å². The Morgan fingerprint density at radius 2 is 2.10 bits per heavy atom. The molecule has 1 heterocycles. The molecule has 0 saturated heterocycles. The maximum Gasteiger partial charge on any atom is 0.335 e. The van der Waals surface area contributed by atoms with Crippen LogP contribution in [0.2, 0.25) is 5.02 Å². The summed E-state index contributed by atoms with van der Waals surface area (Å²) in [6, 6.07) is 2.21.